The minimum absolute atomic E-state index is 0.365. The van der Waals surface area contributed by atoms with Crippen LogP contribution in [0.3, 0.4) is 0 Å². The highest BCUT2D eigenvalue weighted by Crippen LogP contribution is 2.10. The van der Waals surface area contributed by atoms with Gasteiger partial charge in [-0.1, -0.05) is 76.9 Å². The molecular weight excluding hydrogens is 328 g/mol. The Morgan fingerprint density at radius 1 is 0.731 bits per heavy atom. The number of hydrogen-bond donors (Lipinski definition) is 1. The average molecular weight is 367 g/mol. The molecule has 1 N–H and O–H groups in total. The number of hydrogen-bond acceptors (Lipinski definition) is 3. The number of esters is 1. The molecule has 0 amide bonds. The highest BCUT2D eigenvalue weighted by Gasteiger charge is 1.98. The molecule has 0 aromatic rings. The van der Waals surface area contributed by atoms with Gasteiger partial charge in [0.05, 0.1) is 6.61 Å². The van der Waals surface area contributed by atoms with Gasteiger partial charge in [-0.25, -0.2) is 9.59 Å². The second kappa shape index (κ2) is 19.7. The normalized spacial score (nSPS) is 11.4. The van der Waals surface area contributed by atoms with Crippen molar-refractivity contribution in [3.63, 3.8) is 0 Å². The Balaban J connectivity index is 3.23. The molecule has 4 heteroatoms. The van der Waals surface area contributed by atoms with Gasteiger partial charge in [-0.3, -0.25) is 0 Å². The molecule has 0 fully saturated rings. The molecule has 26 heavy (non-hydrogen) atoms. The van der Waals surface area contributed by atoms with Gasteiger partial charge in [0.2, 0.25) is 0 Å². The van der Waals surface area contributed by atoms with Crippen LogP contribution in [0.1, 0.15) is 96.8 Å². The molecule has 0 heterocycles. The highest BCUT2D eigenvalue weighted by molar-refractivity contribution is 5.90. The van der Waals surface area contributed by atoms with E-state index in [0.29, 0.717) is 6.61 Å². The maximum atomic E-state index is 11.1. The first-order valence-corrected chi connectivity index (χ1v) is 10.4. The Labute approximate surface area is 159 Å². The Morgan fingerprint density at radius 3 is 1.77 bits per heavy atom. The first-order valence-electron chi connectivity index (χ1n) is 10.4. The van der Waals surface area contributed by atoms with Gasteiger partial charge in [-0.05, 0) is 32.1 Å². The summed E-state index contributed by atoms with van der Waals surface area (Å²) in [6.07, 6.45) is 23.8. The van der Waals surface area contributed by atoms with E-state index in [4.69, 9.17) is 9.84 Å². The lowest BCUT2D eigenvalue weighted by molar-refractivity contribution is -0.138. The second-order valence-corrected chi connectivity index (χ2v) is 6.78. The third-order valence-corrected chi connectivity index (χ3v) is 4.26. The van der Waals surface area contributed by atoms with Gasteiger partial charge in [0.25, 0.3) is 0 Å². The Hall–Kier alpha value is -1.58. The fourth-order valence-electron chi connectivity index (χ4n) is 2.71. The van der Waals surface area contributed by atoms with Crippen molar-refractivity contribution in [2.24, 2.45) is 0 Å². The van der Waals surface area contributed by atoms with Crippen molar-refractivity contribution in [2.45, 2.75) is 96.8 Å². The fourth-order valence-corrected chi connectivity index (χ4v) is 2.71. The van der Waals surface area contributed by atoms with Crippen LogP contribution in [0.25, 0.3) is 0 Å². The largest absolute Gasteiger partial charge is 0.478 e. The number of unbranched alkanes of at least 4 members (excludes halogenated alkanes) is 12. The summed E-state index contributed by atoms with van der Waals surface area (Å²) in [5.74, 6) is -1.72. The molecule has 0 aromatic heterocycles. The third kappa shape index (κ3) is 20.5. The van der Waals surface area contributed by atoms with Crippen molar-refractivity contribution in [1.82, 2.24) is 0 Å². The van der Waals surface area contributed by atoms with Gasteiger partial charge in [0.1, 0.15) is 0 Å². The van der Waals surface area contributed by atoms with Crippen molar-refractivity contribution < 1.29 is 19.4 Å². The van der Waals surface area contributed by atoms with Gasteiger partial charge >= 0.3 is 11.9 Å². The molecule has 150 valence electrons. The fraction of sp³-hybridized carbons (Fsp3) is 0.727. The summed E-state index contributed by atoms with van der Waals surface area (Å²) in [4.78, 5) is 21.4. The van der Waals surface area contributed by atoms with Crippen molar-refractivity contribution in [3.05, 3.63) is 24.3 Å². The molecule has 0 aliphatic rings. The van der Waals surface area contributed by atoms with E-state index in [1.807, 2.05) is 0 Å². The molecule has 0 aromatic carbocycles. The molecule has 0 aliphatic heterocycles. The van der Waals surface area contributed by atoms with Crippen LogP contribution >= 0.6 is 0 Å². The summed E-state index contributed by atoms with van der Waals surface area (Å²) in [7, 11) is 0. The van der Waals surface area contributed by atoms with Crippen molar-refractivity contribution in [1.29, 1.82) is 0 Å². The van der Waals surface area contributed by atoms with Gasteiger partial charge in [0, 0.05) is 12.2 Å². The lowest BCUT2D eigenvalue weighted by atomic mass is 10.1. The molecular formula is C22H38O4. The predicted octanol–water partition coefficient (Wildman–Crippen LogP) is 6.21. The monoisotopic (exact) mass is 366 g/mol. The lowest BCUT2D eigenvalue weighted by Gasteiger charge is -2.02. The second-order valence-electron chi connectivity index (χ2n) is 6.78. The summed E-state index contributed by atoms with van der Waals surface area (Å²) < 4.78 is 4.91. The molecule has 0 aliphatic carbocycles. The number of rotatable bonds is 18. The van der Waals surface area contributed by atoms with Gasteiger partial charge in [0.15, 0.2) is 0 Å². The Morgan fingerprint density at radius 2 is 1.23 bits per heavy atom. The van der Waals surface area contributed by atoms with E-state index >= 15 is 0 Å². The van der Waals surface area contributed by atoms with E-state index in [1.54, 1.807) is 0 Å². The zero-order valence-electron chi connectivity index (χ0n) is 16.6. The quantitative estimate of drug-likeness (QED) is 0.136. The van der Waals surface area contributed by atoms with Crippen molar-refractivity contribution in [3.8, 4) is 0 Å². The van der Waals surface area contributed by atoms with Crippen LogP contribution in [-0.2, 0) is 14.3 Å². The number of carbonyl (C=O) groups excluding carboxylic acids is 1. The van der Waals surface area contributed by atoms with Crippen LogP contribution in [0.4, 0.5) is 0 Å². The summed E-state index contributed by atoms with van der Waals surface area (Å²) in [6.45, 7) is 2.62. The molecule has 0 spiro atoms. The highest BCUT2D eigenvalue weighted by atomic mass is 16.5. The minimum Gasteiger partial charge on any atom is -0.478 e. The first kappa shape index (κ1) is 24.4. The van der Waals surface area contributed by atoms with Crippen molar-refractivity contribution >= 4 is 11.9 Å². The average Bonchev–Trinajstić information content (AvgIpc) is 2.62. The van der Waals surface area contributed by atoms with Gasteiger partial charge in [-0.15, -0.1) is 0 Å². The first-order chi connectivity index (χ1) is 12.7. The van der Waals surface area contributed by atoms with E-state index in [2.05, 4.69) is 19.1 Å². The molecule has 0 atom stereocenters. The SMILES string of the molecule is CCCCCCCC/C=C/CCCCCCCCOC(=O)/C=C/C(=O)O. The minimum atomic E-state index is -1.14. The molecule has 0 saturated heterocycles. The summed E-state index contributed by atoms with van der Waals surface area (Å²) in [5.41, 5.74) is 0. The third-order valence-electron chi connectivity index (χ3n) is 4.26. The number of carbonyl (C=O) groups is 2. The Kier molecular flexibility index (Phi) is 18.5. The van der Waals surface area contributed by atoms with E-state index in [0.717, 1.165) is 31.4 Å². The van der Waals surface area contributed by atoms with Crippen LogP contribution in [0.2, 0.25) is 0 Å². The Bertz CT molecular complexity index is 399. The number of allylic oxidation sites excluding steroid dienone is 2. The maximum Gasteiger partial charge on any atom is 0.331 e. The number of carboxylic acid groups (broad SMARTS) is 1. The van der Waals surface area contributed by atoms with Crippen molar-refractivity contribution in [2.75, 3.05) is 6.61 Å². The topological polar surface area (TPSA) is 63.6 Å². The number of aliphatic carboxylic acids is 1. The summed E-state index contributed by atoms with van der Waals surface area (Å²) in [5, 5.41) is 8.38. The van der Waals surface area contributed by atoms with Gasteiger partial charge in [-0.2, -0.15) is 0 Å². The van der Waals surface area contributed by atoms with Gasteiger partial charge < -0.3 is 9.84 Å². The van der Waals surface area contributed by atoms with Crippen LogP contribution in [0.15, 0.2) is 24.3 Å². The van der Waals surface area contributed by atoms with E-state index in [1.165, 1.54) is 70.6 Å². The predicted molar refractivity (Wildman–Crippen MR) is 107 cm³/mol. The van der Waals surface area contributed by atoms with E-state index in [-0.39, 0.29) is 0 Å². The summed E-state index contributed by atoms with van der Waals surface area (Å²) >= 11 is 0. The molecule has 0 radical (unpaired) electrons. The van der Waals surface area contributed by atoms with Crippen LogP contribution in [0, 0.1) is 0 Å². The zero-order chi connectivity index (χ0) is 19.3. The molecule has 0 unspecified atom stereocenters. The standard InChI is InChI=1S/C22H38O4/c1-2-3-4-5-6-7-8-9-10-11-12-13-14-15-16-17-20-26-22(25)19-18-21(23)24/h9-10,18-19H,2-8,11-17,20H2,1H3,(H,23,24)/b10-9+,19-18+. The van der Waals surface area contributed by atoms with Crippen LogP contribution in [0.5, 0.6) is 0 Å². The maximum absolute atomic E-state index is 11.1. The molecule has 0 rings (SSSR count). The zero-order valence-corrected chi connectivity index (χ0v) is 16.6. The van der Waals surface area contributed by atoms with E-state index in [9.17, 15) is 9.59 Å². The number of carboxylic acids is 1. The molecule has 4 nitrogen and oxygen atoms in total. The van der Waals surface area contributed by atoms with Crippen LogP contribution < -0.4 is 0 Å². The lowest BCUT2D eigenvalue weighted by Crippen LogP contribution is -2.03. The van der Waals surface area contributed by atoms with Crippen LogP contribution in [-0.4, -0.2) is 23.7 Å². The molecule has 0 saturated carbocycles. The smallest absolute Gasteiger partial charge is 0.331 e. The molecule has 0 bridgehead atoms. The van der Waals surface area contributed by atoms with E-state index < -0.39 is 11.9 Å². The number of ether oxygens (including phenoxy) is 1. The summed E-state index contributed by atoms with van der Waals surface area (Å²) in [6, 6.07) is 0.